The molecule has 0 spiro atoms. The summed E-state index contributed by atoms with van der Waals surface area (Å²) in [4.78, 5) is 37.8. The molecule has 0 saturated carbocycles. The molecule has 1 N–H and O–H groups in total. The number of esters is 1. The van der Waals surface area contributed by atoms with E-state index in [1.807, 2.05) is 6.92 Å². The van der Waals surface area contributed by atoms with Crippen molar-refractivity contribution in [3.05, 3.63) is 48.4 Å². The molecule has 1 aliphatic rings. The first-order valence-electron chi connectivity index (χ1n) is 9.04. The lowest BCUT2D eigenvalue weighted by molar-refractivity contribution is -0.151. The molecule has 2 aromatic rings. The van der Waals surface area contributed by atoms with Crippen molar-refractivity contribution in [2.24, 2.45) is 5.92 Å². The fraction of sp³-hybridized carbons (Fsp3) is 0.350. The highest BCUT2D eigenvalue weighted by molar-refractivity contribution is 5.93. The number of nitrogens with zero attached hydrogens (tertiary/aromatic N) is 1. The molecule has 28 heavy (non-hydrogen) atoms. The Kier molecular flexibility index (Phi) is 6.31. The van der Waals surface area contributed by atoms with E-state index in [-0.39, 0.29) is 18.9 Å². The van der Waals surface area contributed by atoms with Crippen LogP contribution in [0.5, 0.6) is 5.75 Å². The van der Waals surface area contributed by atoms with Gasteiger partial charge in [-0.25, -0.2) is 0 Å². The van der Waals surface area contributed by atoms with Crippen molar-refractivity contribution < 1.29 is 28.3 Å². The zero-order valence-corrected chi connectivity index (χ0v) is 15.6. The van der Waals surface area contributed by atoms with Crippen LogP contribution < -0.4 is 10.1 Å². The molecule has 2 amide bonds. The molecule has 0 bridgehead atoms. The van der Waals surface area contributed by atoms with Gasteiger partial charge < -0.3 is 24.1 Å². The van der Waals surface area contributed by atoms with Gasteiger partial charge in [-0.2, -0.15) is 0 Å². The van der Waals surface area contributed by atoms with Crippen molar-refractivity contribution in [3.63, 3.8) is 0 Å². The van der Waals surface area contributed by atoms with Crippen molar-refractivity contribution in [2.75, 3.05) is 25.1 Å². The Morgan fingerprint density at radius 2 is 2.04 bits per heavy atom. The third-order valence-electron chi connectivity index (χ3n) is 4.27. The maximum Gasteiger partial charge on any atom is 0.311 e. The van der Waals surface area contributed by atoms with E-state index in [1.165, 1.54) is 6.26 Å². The minimum atomic E-state index is -0.583. The summed E-state index contributed by atoms with van der Waals surface area (Å²) in [5.41, 5.74) is 0.574. The van der Waals surface area contributed by atoms with Gasteiger partial charge in [-0.3, -0.25) is 14.4 Å². The van der Waals surface area contributed by atoms with Crippen LogP contribution in [0.15, 0.2) is 47.1 Å². The molecular weight excluding hydrogens is 364 g/mol. The smallest absolute Gasteiger partial charge is 0.311 e. The number of amides is 2. The Morgan fingerprint density at radius 1 is 1.25 bits per heavy atom. The van der Waals surface area contributed by atoms with Crippen molar-refractivity contribution in [3.8, 4) is 5.75 Å². The highest BCUT2D eigenvalue weighted by Crippen LogP contribution is 2.21. The third kappa shape index (κ3) is 5.12. The van der Waals surface area contributed by atoms with Gasteiger partial charge in [0.2, 0.25) is 5.91 Å². The second-order valence-corrected chi connectivity index (χ2v) is 6.37. The van der Waals surface area contributed by atoms with Crippen LogP contribution in [0.4, 0.5) is 5.69 Å². The number of hydrogen-bond donors (Lipinski definition) is 1. The van der Waals surface area contributed by atoms with E-state index in [0.717, 1.165) is 0 Å². The van der Waals surface area contributed by atoms with E-state index in [1.54, 1.807) is 41.3 Å². The zero-order chi connectivity index (χ0) is 19.9. The summed E-state index contributed by atoms with van der Waals surface area (Å²) in [5, 5.41) is 2.64. The Hall–Kier alpha value is -3.29. The summed E-state index contributed by atoms with van der Waals surface area (Å²) in [6, 6.07) is 10.4. The van der Waals surface area contributed by atoms with Gasteiger partial charge in [0.05, 0.1) is 25.3 Å². The van der Waals surface area contributed by atoms with Crippen LogP contribution in [-0.2, 0) is 25.7 Å². The number of likely N-dealkylation sites (tertiary alicyclic amines) is 1. The summed E-state index contributed by atoms with van der Waals surface area (Å²) in [5.74, 6) is -0.377. The van der Waals surface area contributed by atoms with Gasteiger partial charge in [-0.1, -0.05) is 0 Å². The normalized spacial score (nSPS) is 16.1. The highest BCUT2D eigenvalue weighted by atomic mass is 16.5. The summed E-state index contributed by atoms with van der Waals surface area (Å²) in [6.45, 7) is 2.60. The Bertz CT molecular complexity index is 816. The van der Waals surface area contributed by atoms with Gasteiger partial charge in [0.25, 0.3) is 5.91 Å². The number of ether oxygens (including phenoxy) is 2. The molecule has 1 aromatic carbocycles. The molecule has 8 nitrogen and oxygen atoms in total. The lowest BCUT2D eigenvalue weighted by atomic mass is 10.1. The monoisotopic (exact) mass is 386 g/mol. The van der Waals surface area contributed by atoms with Crippen LogP contribution in [0, 0.1) is 5.92 Å². The molecular formula is C20H22N2O6. The van der Waals surface area contributed by atoms with E-state index >= 15 is 0 Å². The molecule has 8 heteroatoms. The summed E-state index contributed by atoms with van der Waals surface area (Å²) >= 11 is 0. The maximum absolute atomic E-state index is 12.2. The van der Waals surface area contributed by atoms with Crippen LogP contribution >= 0.6 is 0 Å². The molecule has 0 unspecified atom stereocenters. The topological polar surface area (TPSA) is 98.1 Å². The van der Waals surface area contributed by atoms with E-state index in [9.17, 15) is 14.4 Å². The van der Waals surface area contributed by atoms with Crippen molar-refractivity contribution in [2.45, 2.75) is 19.9 Å². The second kappa shape index (κ2) is 9.07. The molecule has 2 heterocycles. The molecule has 3 rings (SSSR count). The van der Waals surface area contributed by atoms with Gasteiger partial charge in [0.1, 0.15) is 11.5 Å². The number of anilines is 1. The first-order chi connectivity index (χ1) is 13.5. The lowest BCUT2D eigenvalue weighted by Crippen LogP contribution is -2.28. The predicted molar refractivity (Wildman–Crippen MR) is 99.4 cm³/mol. The van der Waals surface area contributed by atoms with Gasteiger partial charge in [-0.15, -0.1) is 0 Å². The van der Waals surface area contributed by atoms with Gasteiger partial charge in [0, 0.05) is 18.7 Å². The molecule has 148 valence electrons. The quantitative estimate of drug-likeness (QED) is 0.699. The van der Waals surface area contributed by atoms with Gasteiger partial charge >= 0.3 is 5.97 Å². The minimum Gasteiger partial charge on any atom is -0.494 e. The maximum atomic E-state index is 12.2. The average molecular weight is 386 g/mol. The summed E-state index contributed by atoms with van der Waals surface area (Å²) in [6.07, 6.45) is 1.60. The number of carbonyl (C=O) groups is 3. The van der Waals surface area contributed by atoms with Crippen molar-refractivity contribution in [1.29, 1.82) is 0 Å². The van der Waals surface area contributed by atoms with Crippen molar-refractivity contribution in [1.82, 2.24) is 4.90 Å². The lowest BCUT2D eigenvalue weighted by Gasteiger charge is -2.14. The highest BCUT2D eigenvalue weighted by Gasteiger charge is 2.35. The van der Waals surface area contributed by atoms with Crippen LogP contribution in [-0.4, -0.2) is 42.4 Å². The molecule has 1 aromatic heterocycles. The van der Waals surface area contributed by atoms with E-state index in [0.29, 0.717) is 30.3 Å². The van der Waals surface area contributed by atoms with Crippen LogP contribution in [0.25, 0.3) is 0 Å². The SMILES string of the molecule is CCOc1ccc(NC(=O)COC(=O)[C@H]2CC(=O)N(Cc3ccco3)C2)cc1. The largest absolute Gasteiger partial charge is 0.494 e. The second-order valence-electron chi connectivity index (χ2n) is 6.37. The average Bonchev–Trinajstić information content (AvgIpc) is 3.32. The van der Waals surface area contributed by atoms with E-state index in [2.05, 4.69) is 5.32 Å². The molecule has 1 saturated heterocycles. The number of carbonyl (C=O) groups excluding carboxylic acids is 3. The number of benzene rings is 1. The first-order valence-corrected chi connectivity index (χ1v) is 9.04. The number of rotatable bonds is 8. The molecule has 1 atom stereocenters. The van der Waals surface area contributed by atoms with Crippen LogP contribution in [0.2, 0.25) is 0 Å². The molecule has 1 fully saturated rings. The number of nitrogens with one attached hydrogen (secondary N) is 1. The van der Waals surface area contributed by atoms with Gasteiger partial charge in [0.15, 0.2) is 6.61 Å². The molecule has 0 aliphatic carbocycles. The van der Waals surface area contributed by atoms with Crippen molar-refractivity contribution >= 4 is 23.5 Å². The minimum absolute atomic E-state index is 0.0695. The number of furan rings is 1. The van der Waals surface area contributed by atoms with Gasteiger partial charge in [-0.05, 0) is 43.3 Å². The van der Waals surface area contributed by atoms with E-state index < -0.39 is 24.4 Å². The summed E-state index contributed by atoms with van der Waals surface area (Å²) in [7, 11) is 0. The van der Waals surface area contributed by atoms with E-state index in [4.69, 9.17) is 13.9 Å². The fourth-order valence-corrected chi connectivity index (χ4v) is 2.93. The van der Waals surface area contributed by atoms with Crippen LogP contribution in [0.1, 0.15) is 19.1 Å². The summed E-state index contributed by atoms with van der Waals surface area (Å²) < 4.78 is 15.6. The zero-order valence-electron chi connectivity index (χ0n) is 15.6. The standard InChI is InChI=1S/C20H22N2O6/c1-2-26-16-7-5-15(6-8-16)21-18(23)13-28-20(25)14-10-19(24)22(11-14)12-17-4-3-9-27-17/h3-9,14H,2,10-13H2,1H3,(H,21,23)/t14-/m0/s1. The Morgan fingerprint density at radius 3 is 2.71 bits per heavy atom. The Labute approximate surface area is 162 Å². The number of hydrogen-bond acceptors (Lipinski definition) is 6. The predicted octanol–water partition coefficient (Wildman–Crippen LogP) is 2.21. The molecule has 1 aliphatic heterocycles. The Balaban J connectivity index is 1.43. The third-order valence-corrected chi connectivity index (χ3v) is 4.27. The van der Waals surface area contributed by atoms with Crippen LogP contribution in [0.3, 0.4) is 0 Å². The first kappa shape index (κ1) is 19.5. The molecule has 0 radical (unpaired) electrons. The fourth-order valence-electron chi connectivity index (χ4n) is 2.93.